The Hall–Kier alpha value is -4.00. The number of hydrogen-bond donors (Lipinski definition) is 1. The molecule has 0 bridgehead atoms. The van der Waals surface area contributed by atoms with Crippen molar-refractivity contribution in [3.05, 3.63) is 84.2 Å². The van der Waals surface area contributed by atoms with Crippen LogP contribution in [0.3, 0.4) is 0 Å². The molecule has 176 valence electrons. The van der Waals surface area contributed by atoms with Crippen molar-refractivity contribution in [1.29, 1.82) is 0 Å². The smallest absolute Gasteiger partial charge is 0.255 e. The molecule has 1 amide bonds. The topological polar surface area (TPSA) is 74.6 Å². The highest BCUT2D eigenvalue weighted by Gasteiger charge is 2.20. The van der Waals surface area contributed by atoms with Gasteiger partial charge >= 0.3 is 0 Å². The summed E-state index contributed by atoms with van der Waals surface area (Å²) in [4.78, 5) is 17.8. The van der Waals surface area contributed by atoms with Crippen LogP contribution >= 0.6 is 0 Å². The monoisotopic (exact) mass is 459 g/mol. The van der Waals surface area contributed by atoms with Gasteiger partial charge in [0.1, 0.15) is 23.1 Å². The molecule has 34 heavy (non-hydrogen) atoms. The van der Waals surface area contributed by atoms with Gasteiger partial charge in [-0.25, -0.2) is 4.98 Å². The van der Waals surface area contributed by atoms with E-state index in [9.17, 15) is 4.79 Å². The van der Waals surface area contributed by atoms with Crippen molar-refractivity contribution in [3.63, 3.8) is 0 Å². The molecule has 3 aromatic carbocycles. The number of hydrogen-bond acceptors (Lipinski definition) is 5. The van der Waals surface area contributed by atoms with Crippen LogP contribution in [0, 0.1) is 0 Å². The number of nitrogens with one attached hydrogen (secondary N) is 1. The molecule has 7 heteroatoms. The number of carbonyl (C=O) groups is 1. The number of ether oxygens (including phenoxy) is 3. The van der Waals surface area contributed by atoms with Crippen LogP contribution in [-0.4, -0.2) is 36.3 Å². The normalized spacial score (nSPS) is 11.7. The SMILES string of the molecule is COc1ccc(OCCCn2c(C(C)NC(=O)c3ccccc3OC)nc3ccccc32)cc1. The Bertz CT molecular complexity index is 1250. The molecule has 1 heterocycles. The third-order valence-corrected chi connectivity index (χ3v) is 5.62. The van der Waals surface area contributed by atoms with Crippen molar-refractivity contribution in [3.8, 4) is 17.2 Å². The van der Waals surface area contributed by atoms with E-state index in [1.165, 1.54) is 0 Å². The number of para-hydroxylation sites is 3. The number of methoxy groups -OCH3 is 2. The van der Waals surface area contributed by atoms with Crippen molar-refractivity contribution < 1.29 is 19.0 Å². The zero-order valence-corrected chi connectivity index (χ0v) is 19.7. The molecule has 4 rings (SSSR count). The van der Waals surface area contributed by atoms with Gasteiger partial charge in [-0.15, -0.1) is 0 Å². The van der Waals surface area contributed by atoms with Crippen molar-refractivity contribution >= 4 is 16.9 Å². The summed E-state index contributed by atoms with van der Waals surface area (Å²) in [5.41, 5.74) is 2.42. The number of imidazole rings is 1. The third-order valence-electron chi connectivity index (χ3n) is 5.62. The fourth-order valence-corrected chi connectivity index (χ4v) is 3.92. The molecule has 0 aliphatic rings. The maximum atomic E-state index is 12.9. The lowest BCUT2D eigenvalue weighted by Gasteiger charge is -2.17. The number of nitrogens with zero attached hydrogens (tertiary/aromatic N) is 2. The minimum absolute atomic E-state index is 0.202. The van der Waals surface area contributed by atoms with Gasteiger partial charge in [0.2, 0.25) is 0 Å². The van der Waals surface area contributed by atoms with Crippen LogP contribution in [0.15, 0.2) is 72.8 Å². The fourth-order valence-electron chi connectivity index (χ4n) is 3.92. The first kappa shape index (κ1) is 23.2. The number of fused-ring (bicyclic) bond motifs is 1. The van der Waals surface area contributed by atoms with Gasteiger partial charge in [-0.1, -0.05) is 24.3 Å². The van der Waals surface area contributed by atoms with Crippen molar-refractivity contribution in [2.45, 2.75) is 25.9 Å². The second-order valence-electron chi connectivity index (χ2n) is 7.88. The summed E-state index contributed by atoms with van der Waals surface area (Å²) in [5, 5.41) is 3.07. The van der Waals surface area contributed by atoms with Crippen LogP contribution in [0.4, 0.5) is 0 Å². The van der Waals surface area contributed by atoms with Gasteiger partial charge in [0.05, 0.1) is 43.5 Å². The number of benzene rings is 3. The third kappa shape index (κ3) is 5.14. The average Bonchev–Trinajstić information content (AvgIpc) is 3.25. The first-order chi connectivity index (χ1) is 16.6. The lowest BCUT2D eigenvalue weighted by atomic mass is 10.1. The van der Waals surface area contributed by atoms with Crippen LogP contribution in [0.5, 0.6) is 17.2 Å². The highest BCUT2D eigenvalue weighted by atomic mass is 16.5. The van der Waals surface area contributed by atoms with Gasteiger partial charge in [0.15, 0.2) is 0 Å². The molecule has 0 aliphatic carbocycles. The minimum Gasteiger partial charge on any atom is -0.497 e. The number of carbonyl (C=O) groups excluding carboxylic acids is 1. The fraction of sp³-hybridized carbons (Fsp3) is 0.259. The number of amides is 1. The molecule has 0 saturated heterocycles. The Morgan fingerprint density at radius 3 is 2.41 bits per heavy atom. The van der Waals surface area contributed by atoms with Crippen molar-refractivity contribution in [2.75, 3.05) is 20.8 Å². The summed E-state index contributed by atoms with van der Waals surface area (Å²) in [6.45, 7) is 3.21. The first-order valence-corrected chi connectivity index (χ1v) is 11.3. The molecular weight excluding hydrogens is 430 g/mol. The lowest BCUT2D eigenvalue weighted by Crippen LogP contribution is -2.29. The molecule has 4 aromatic rings. The zero-order valence-electron chi connectivity index (χ0n) is 19.7. The number of aryl methyl sites for hydroxylation is 1. The largest absolute Gasteiger partial charge is 0.497 e. The first-order valence-electron chi connectivity index (χ1n) is 11.3. The maximum Gasteiger partial charge on any atom is 0.255 e. The molecule has 1 unspecified atom stereocenters. The van der Waals surface area contributed by atoms with Crippen molar-refractivity contribution in [1.82, 2.24) is 14.9 Å². The molecule has 0 spiro atoms. The van der Waals surface area contributed by atoms with Gasteiger partial charge in [0, 0.05) is 6.54 Å². The lowest BCUT2D eigenvalue weighted by molar-refractivity contribution is 0.0934. The Kier molecular flexibility index (Phi) is 7.32. The number of rotatable bonds is 10. The average molecular weight is 460 g/mol. The minimum atomic E-state index is -0.299. The summed E-state index contributed by atoms with van der Waals surface area (Å²) in [6, 6.07) is 22.4. The van der Waals surface area contributed by atoms with Gasteiger partial charge in [-0.2, -0.15) is 0 Å². The summed E-state index contributed by atoms with van der Waals surface area (Å²) in [7, 11) is 3.20. The van der Waals surface area contributed by atoms with E-state index in [1.807, 2.05) is 67.6 Å². The van der Waals surface area contributed by atoms with E-state index in [4.69, 9.17) is 19.2 Å². The van der Waals surface area contributed by atoms with E-state index in [0.29, 0.717) is 24.5 Å². The van der Waals surface area contributed by atoms with Gasteiger partial charge in [-0.3, -0.25) is 4.79 Å². The van der Waals surface area contributed by atoms with E-state index >= 15 is 0 Å². The molecule has 1 N–H and O–H groups in total. The molecule has 7 nitrogen and oxygen atoms in total. The summed E-state index contributed by atoms with van der Waals surface area (Å²) in [6.07, 6.45) is 0.784. The Labute approximate surface area is 199 Å². The van der Waals surface area contributed by atoms with Crippen LogP contribution in [0.1, 0.15) is 35.6 Å². The molecular formula is C27H29N3O4. The molecule has 0 fully saturated rings. The van der Waals surface area contributed by atoms with Gasteiger partial charge < -0.3 is 24.1 Å². The summed E-state index contributed by atoms with van der Waals surface area (Å²) < 4.78 is 18.6. The van der Waals surface area contributed by atoms with Gasteiger partial charge in [-0.05, 0) is 61.9 Å². The van der Waals surface area contributed by atoms with Crippen LogP contribution in [-0.2, 0) is 6.54 Å². The summed E-state index contributed by atoms with van der Waals surface area (Å²) in [5.74, 6) is 2.73. The predicted octanol–water partition coefficient (Wildman–Crippen LogP) is 5.01. The molecule has 0 aliphatic heterocycles. The van der Waals surface area contributed by atoms with Crippen LogP contribution in [0.25, 0.3) is 11.0 Å². The van der Waals surface area contributed by atoms with Crippen molar-refractivity contribution in [2.24, 2.45) is 0 Å². The second-order valence-corrected chi connectivity index (χ2v) is 7.88. The standard InChI is InChI=1S/C27H29N3O4/c1-19(28-27(31)22-9-4-7-12-25(22)33-3)26-29-23-10-5-6-11-24(23)30(26)17-8-18-34-21-15-13-20(32-2)14-16-21/h4-7,9-16,19H,8,17-18H2,1-3H3,(H,28,31). The molecule has 1 aromatic heterocycles. The highest BCUT2D eigenvalue weighted by molar-refractivity contribution is 5.97. The zero-order chi connectivity index (χ0) is 23.9. The van der Waals surface area contributed by atoms with E-state index in [2.05, 4.69) is 9.88 Å². The van der Waals surface area contributed by atoms with Crippen LogP contribution < -0.4 is 19.5 Å². The second kappa shape index (κ2) is 10.7. The van der Waals surface area contributed by atoms with E-state index < -0.39 is 0 Å². The van der Waals surface area contributed by atoms with E-state index in [0.717, 1.165) is 34.8 Å². The van der Waals surface area contributed by atoms with E-state index in [1.54, 1.807) is 26.4 Å². The quantitative estimate of drug-likeness (QED) is 0.337. The van der Waals surface area contributed by atoms with Gasteiger partial charge in [0.25, 0.3) is 5.91 Å². The highest BCUT2D eigenvalue weighted by Crippen LogP contribution is 2.24. The Balaban J connectivity index is 1.47. The molecule has 1 atom stereocenters. The molecule has 0 saturated carbocycles. The van der Waals surface area contributed by atoms with E-state index in [-0.39, 0.29) is 11.9 Å². The van der Waals surface area contributed by atoms with Crippen LogP contribution in [0.2, 0.25) is 0 Å². The Morgan fingerprint density at radius 2 is 1.65 bits per heavy atom. The summed E-state index contributed by atoms with van der Waals surface area (Å²) >= 11 is 0. The number of aromatic nitrogens is 2. The maximum absolute atomic E-state index is 12.9. The molecule has 0 radical (unpaired) electrons. The Morgan fingerprint density at radius 1 is 0.941 bits per heavy atom. The predicted molar refractivity (Wildman–Crippen MR) is 132 cm³/mol.